The van der Waals surface area contributed by atoms with E-state index in [2.05, 4.69) is 12.2 Å². The Labute approximate surface area is 119 Å². The lowest BCUT2D eigenvalue weighted by Gasteiger charge is -2.14. The van der Waals surface area contributed by atoms with Gasteiger partial charge < -0.3 is 20.3 Å². The van der Waals surface area contributed by atoms with Gasteiger partial charge in [0.1, 0.15) is 24.2 Å². The fourth-order valence-electron chi connectivity index (χ4n) is 2.07. The number of phenols is 1. The van der Waals surface area contributed by atoms with Gasteiger partial charge in [0.15, 0.2) is 0 Å². The summed E-state index contributed by atoms with van der Waals surface area (Å²) < 4.78 is 5.67. The number of rotatable bonds is 7. The zero-order valence-corrected chi connectivity index (χ0v) is 11.7. The zero-order chi connectivity index (χ0) is 14.4. The predicted octanol–water partition coefficient (Wildman–Crippen LogP) is 2.28. The standard InChI is InChI=1S/C16H21NO3/c1-2-9-17-10-12(18)11-20-16-8-7-15(19)13-5-3-4-6-14(13)16/h3-8,12,17-19H,2,9-11H2,1H3. The maximum atomic E-state index is 9.83. The van der Waals surface area contributed by atoms with Crippen LogP contribution < -0.4 is 10.1 Å². The van der Waals surface area contributed by atoms with Gasteiger partial charge in [-0.15, -0.1) is 0 Å². The van der Waals surface area contributed by atoms with Crippen molar-refractivity contribution in [1.29, 1.82) is 0 Å². The quantitative estimate of drug-likeness (QED) is 0.678. The zero-order valence-electron chi connectivity index (χ0n) is 11.7. The molecule has 20 heavy (non-hydrogen) atoms. The van der Waals surface area contributed by atoms with Crippen LogP contribution in [-0.2, 0) is 0 Å². The minimum Gasteiger partial charge on any atom is -0.507 e. The lowest BCUT2D eigenvalue weighted by Crippen LogP contribution is -2.31. The van der Waals surface area contributed by atoms with Crippen molar-refractivity contribution in [2.75, 3.05) is 19.7 Å². The molecule has 0 radical (unpaired) electrons. The topological polar surface area (TPSA) is 61.7 Å². The molecule has 0 aliphatic rings. The SMILES string of the molecule is CCCNCC(O)COc1ccc(O)c2ccccc12. The van der Waals surface area contributed by atoms with E-state index in [0.717, 1.165) is 23.7 Å². The molecule has 1 atom stereocenters. The number of nitrogens with one attached hydrogen (secondary N) is 1. The summed E-state index contributed by atoms with van der Waals surface area (Å²) in [5.74, 6) is 0.908. The van der Waals surface area contributed by atoms with Gasteiger partial charge in [-0.1, -0.05) is 31.2 Å². The van der Waals surface area contributed by atoms with Crippen molar-refractivity contribution in [1.82, 2.24) is 5.32 Å². The van der Waals surface area contributed by atoms with Crippen LogP contribution in [0.4, 0.5) is 0 Å². The van der Waals surface area contributed by atoms with Crippen molar-refractivity contribution in [3.63, 3.8) is 0 Å². The Kier molecular flexibility index (Phi) is 5.21. The molecule has 3 N–H and O–H groups in total. The Hall–Kier alpha value is -1.78. The average Bonchev–Trinajstić information content (AvgIpc) is 2.47. The molecule has 2 aromatic carbocycles. The normalized spacial score (nSPS) is 12.5. The first-order chi connectivity index (χ1) is 9.72. The largest absolute Gasteiger partial charge is 0.507 e. The molecular formula is C16H21NO3. The van der Waals surface area contributed by atoms with Gasteiger partial charge in [0.05, 0.1) is 0 Å². The third kappa shape index (κ3) is 3.62. The molecule has 0 aliphatic heterocycles. The van der Waals surface area contributed by atoms with Crippen LogP contribution in [0.15, 0.2) is 36.4 Å². The Bertz CT molecular complexity index is 556. The van der Waals surface area contributed by atoms with Crippen LogP contribution in [-0.4, -0.2) is 36.0 Å². The van der Waals surface area contributed by atoms with Gasteiger partial charge in [-0.25, -0.2) is 0 Å². The number of aromatic hydroxyl groups is 1. The highest BCUT2D eigenvalue weighted by molar-refractivity contribution is 5.92. The molecule has 0 fully saturated rings. The second-order valence-corrected chi connectivity index (χ2v) is 4.80. The number of hydrogen-bond acceptors (Lipinski definition) is 4. The van der Waals surface area contributed by atoms with Crippen molar-refractivity contribution in [3.8, 4) is 11.5 Å². The molecule has 0 bridgehead atoms. The second-order valence-electron chi connectivity index (χ2n) is 4.80. The Balaban J connectivity index is 2.01. The first-order valence-corrected chi connectivity index (χ1v) is 6.94. The monoisotopic (exact) mass is 275 g/mol. The summed E-state index contributed by atoms with van der Waals surface area (Å²) in [7, 11) is 0. The fourth-order valence-corrected chi connectivity index (χ4v) is 2.07. The number of hydrogen-bond donors (Lipinski definition) is 3. The molecule has 0 heterocycles. The third-order valence-corrected chi connectivity index (χ3v) is 3.10. The molecule has 0 saturated heterocycles. The van der Waals surface area contributed by atoms with Crippen molar-refractivity contribution >= 4 is 10.8 Å². The van der Waals surface area contributed by atoms with E-state index in [1.165, 1.54) is 0 Å². The summed E-state index contributed by atoms with van der Waals surface area (Å²) in [5.41, 5.74) is 0. The average molecular weight is 275 g/mol. The molecule has 4 heteroatoms. The number of ether oxygens (including phenoxy) is 1. The number of aliphatic hydroxyl groups is 1. The van der Waals surface area contributed by atoms with Crippen LogP contribution in [0.25, 0.3) is 10.8 Å². The van der Waals surface area contributed by atoms with Gasteiger partial charge in [0, 0.05) is 17.3 Å². The lowest BCUT2D eigenvalue weighted by molar-refractivity contribution is 0.107. The van der Waals surface area contributed by atoms with Crippen molar-refractivity contribution in [3.05, 3.63) is 36.4 Å². The summed E-state index contributed by atoms with van der Waals surface area (Å²) in [6.45, 7) is 3.72. The summed E-state index contributed by atoms with van der Waals surface area (Å²) in [4.78, 5) is 0. The molecule has 0 aromatic heterocycles. The van der Waals surface area contributed by atoms with Crippen LogP contribution in [0.5, 0.6) is 11.5 Å². The van der Waals surface area contributed by atoms with Gasteiger partial charge in [0.2, 0.25) is 0 Å². The number of fused-ring (bicyclic) bond motifs is 1. The van der Waals surface area contributed by atoms with Crippen LogP contribution in [0, 0.1) is 0 Å². The van der Waals surface area contributed by atoms with E-state index in [0.29, 0.717) is 12.3 Å². The summed E-state index contributed by atoms with van der Waals surface area (Å²) in [5, 5.41) is 24.4. The van der Waals surface area contributed by atoms with Crippen LogP contribution in [0.2, 0.25) is 0 Å². The Morgan fingerprint density at radius 2 is 1.90 bits per heavy atom. The van der Waals surface area contributed by atoms with Crippen molar-refractivity contribution in [2.24, 2.45) is 0 Å². The smallest absolute Gasteiger partial charge is 0.127 e. The van der Waals surface area contributed by atoms with E-state index in [1.807, 2.05) is 24.3 Å². The van der Waals surface area contributed by atoms with Crippen molar-refractivity contribution < 1.29 is 14.9 Å². The molecule has 2 rings (SSSR count). The third-order valence-electron chi connectivity index (χ3n) is 3.10. The Morgan fingerprint density at radius 1 is 1.15 bits per heavy atom. The van der Waals surface area contributed by atoms with Crippen LogP contribution in [0.1, 0.15) is 13.3 Å². The highest BCUT2D eigenvalue weighted by Gasteiger charge is 2.08. The van der Waals surface area contributed by atoms with Gasteiger partial charge >= 0.3 is 0 Å². The van der Waals surface area contributed by atoms with Crippen LogP contribution in [0.3, 0.4) is 0 Å². The number of phenolic OH excluding ortho intramolecular Hbond substituents is 1. The van der Waals surface area contributed by atoms with Gasteiger partial charge in [-0.2, -0.15) is 0 Å². The van der Waals surface area contributed by atoms with E-state index in [1.54, 1.807) is 12.1 Å². The fraction of sp³-hybridized carbons (Fsp3) is 0.375. The summed E-state index contributed by atoms with van der Waals surface area (Å²) in [6.07, 6.45) is 0.491. The van der Waals surface area contributed by atoms with E-state index >= 15 is 0 Å². The van der Waals surface area contributed by atoms with Crippen molar-refractivity contribution in [2.45, 2.75) is 19.4 Å². The molecule has 1 unspecified atom stereocenters. The highest BCUT2D eigenvalue weighted by atomic mass is 16.5. The molecule has 0 aliphatic carbocycles. The van der Waals surface area contributed by atoms with E-state index in [9.17, 15) is 10.2 Å². The highest BCUT2D eigenvalue weighted by Crippen LogP contribution is 2.32. The van der Waals surface area contributed by atoms with Gasteiger partial charge in [-0.3, -0.25) is 0 Å². The Morgan fingerprint density at radius 3 is 2.65 bits per heavy atom. The predicted molar refractivity (Wildman–Crippen MR) is 80.3 cm³/mol. The second kappa shape index (κ2) is 7.12. The molecule has 4 nitrogen and oxygen atoms in total. The molecular weight excluding hydrogens is 254 g/mol. The first-order valence-electron chi connectivity index (χ1n) is 6.94. The number of aliphatic hydroxyl groups excluding tert-OH is 1. The summed E-state index contributed by atoms with van der Waals surface area (Å²) in [6, 6.07) is 10.8. The molecule has 0 saturated carbocycles. The first kappa shape index (κ1) is 14.6. The minimum absolute atomic E-state index is 0.228. The molecule has 0 spiro atoms. The molecule has 108 valence electrons. The van der Waals surface area contributed by atoms with E-state index in [4.69, 9.17) is 4.74 Å². The molecule has 0 amide bonds. The molecule has 2 aromatic rings. The maximum absolute atomic E-state index is 9.83. The minimum atomic E-state index is -0.547. The van der Waals surface area contributed by atoms with E-state index < -0.39 is 6.10 Å². The number of benzene rings is 2. The van der Waals surface area contributed by atoms with E-state index in [-0.39, 0.29) is 12.4 Å². The lowest BCUT2D eigenvalue weighted by atomic mass is 10.1. The summed E-state index contributed by atoms with van der Waals surface area (Å²) >= 11 is 0. The maximum Gasteiger partial charge on any atom is 0.127 e. The van der Waals surface area contributed by atoms with Gasteiger partial charge in [-0.05, 0) is 25.1 Å². The van der Waals surface area contributed by atoms with Crippen LogP contribution >= 0.6 is 0 Å². The van der Waals surface area contributed by atoms with Gasteiger partial charge in [0.25, 0.3) is 0 Å².